The zero-order valence-corrected chi connectivity index (χ0v) is 15.8. The number of aryl methyl sites for hydroxylation is 1. The summed E-state index contributed by atoms with van der Waals surface area (Å²) in [5, 5.41) is 0. The van der Waals surface area contributed by atoms with Crippen LogP contribution in [0.25, 0.3) is 0 Å². The van der Waals surface area contributed by atoms with Gasteiger partial charge in [-0.15, -0.1) is 0 Å². The lowest BCUT2D eigenvalue weighted by Gasteiger charge is -2.19. The van der Waals surface area contributed by atoms with Gasteiger partial charge >= 0.3 is 0 Å². The normalized spacial score (nSPS) is 14.2. The first-order valence-electron chi connectivity index (χ1n) is 9.75. The number of nitrogens with zero attached hydrogens (tertiary/aromatic N) is 2. The van der Waals surface area contributed by atoms with E-state index in [1.165, 1.54) is 64.2 Å². The molecule has 0 aliphatic rings. The third kappa shape index (κ3) is 5.44. The summed E-state index contributed by atoms with van der Waals surface area (Å²) in [5.74, 6) is 2.30. The molecule has 1 aromatic heterocycles. The molecule has 0 saturated carbocycles. The largest absolute Gasteiger partial charge is 0.259 e. The van der Waals surface area contributed by atoms with Crippen LogP contribution in [0.1, 0.15) is 110 Å². The van der Waals surface area contributed by atoms with Crippen LogP contribution < -0.4 is 4.57 Å². The van der Waals surface area contributed by atoms with E-state index in [9.17, 15) is 0 Å². The Hall–Kier alpha value is -0.790. The Balaban J connectivity index is 3.02. The van der Waals surface area contributed by atoms with Crippen LogP contribution >= 0.6 is 0 Å². The first-order chi connectivity index (χ1) is 10.7. The second-order valence-electron chi connectivity index (χ2n) is 6.89. The van der Waals surface area contributed by atoms with E-state index in [1.807, 2.05) is 0 Å². The van der Waals surface area contributed by atoms with E-state index in [-0.39, 0.29) is 0 Å². The summed E-state index contributed by atoms with van der Waals surface area (Å²) in [7, 11) is 2.24. The van der Waals surface area contributed by atoms with Gasteiger partial charge in [0, 0.05) is 0 Å². The Kier molecular flexibility index (Phi) is 9.50. The molecule has 0 bridgehead atoms. The van der Waals surface area contributed by atoms with Gasteiger partial charge in [-0.3, -0.25) is 0 Å². The molecule has 0 saturated heterocycles. The molecule has 22 heavy (non-hydrogen) atoms. The van der Waals surface area contributed by atoms with Crippen LogP contribution in [0, 0.1) is 0 Å². The first kappa shape index (κ1) is 19.3. The third-order valence-electron chi connectivity index (χ3n) is 4.89. The fraction of sp³-hybridized carbons (Fsp3) is 0.850. The minimum Gasteiger partial charge on any atom is -0.237 e. The molecule has 128 valence electrons. The number of imidazole rings is 1. The van der Waals surface area contributed by atoms with Crippen molar-refractivity contribution in [3.05, 3.63) is 18.2 Å². The lowest BCUT2D eigenvalue weighted by molar-refractivity contribution is -0.680. The van der Waals surface area contributed by atoms with Gasteiger partial charge < -0.3 is 0 Å². The molecule has 0 aromatic carbocycles. The molecule has 1 heterocycles. The average Bonchev–Trinajstić information content (AvgIpc) is 2.89. The number of hydrogen-bond donors (Lipinski definition) is 0. The van der Waals surface area contributed by atoms with Crippen LogP contribution in [0.3, 0.4) is 0 Å². The highest BCUT2D eigenvalue weighted by atomic mass is 15.2. The topological polar surface area (TPSA) is 8.81 Å². The summed E-state index contributed by atoms with van der Waals surface area (Å²) in [5.41, 5.74) is 0. The molecule has 0 amide bonds. The van der Waals surface area contributed by atoms with Gasteiger partial charge in [-0.2, -0.15) is 0 Å². The van der Waals surface area contributed by atoms with Gasteiger partial charge in [0.2, 0.25) is 0 Å². The number of rotatable bonds is 12. The molecule has 0 aliphatic heterocycles. The highest BCUT2D eigenvalue weighted by molar-refractivity contribution is 4.96. The van der Waals surface area contributed by atoms with Crippen LogP contribution in [0.4, 0.5) is 0 Å². The van der Waals surface area contributed by atoms with Gasteiger partial charge in [0.1, 0.15) is 18.4 Å². The van der Waals surface area contributed by atoms with Crippen LogP contribution in [0.5, 0.6) is 0 Å². The second-order valence-corrected chi connectivity index (χ2v) is 6.89. The maximum Gasteiger partial charge on any atom is 0.259 e. The summed E-state index contributed by atoms with van der Waals surface area (Å²) in [6.07, 6.45) is 17.8. The standard InChI is InChI=1S/C20H39N2/c1-6-10-14-18(12-8-3)20-21(5)16-17-22(20)19(13-9-4)15-11-7-2/h16-19H,6-15H2,1-5H3/q+1. The van der Waals surface area contributed by atoms with Crippen molar-refractivity contribution in [2.24, 2.45) is 7.05 Å². The number of unbranched alkanes of at least 4 members (excludes halogenated alkanes) is 2. The van der Waals surface area contributed by atoms with E-state index in [0.717, 1.165) is 5.92 Å². The quantitative estimate of drug-likeness (QED) is 0.424. The predicted octanol–water partition coefficient (Wildman–Crippen LogP) is 5.92. The maximum atomic E-state index is 2.63. The van der Waals surface area contributed by atoms with Gasteiger partial charge in [0.05, 0.1) is 13.0 Å². The summed E-state index contributed by atoms with van der Waals surface area (Å²) >= 11 is 0. The molecule has 0 aliphatic carbocycles. The summed E-state index contributed by atoms with van der Waals surface area (Å²) in [6.45, 7) is 9.26. The van der Waals surface area contributed by atoms with Gasteiger partial charge in [-0.05, 0) is 32.1 Å². The van der Waals surface area contributed by atoms with Crippen LogP contribution in [-0.4, -0.2) is 4.57 Å². The second kappa shape index (κ2) is 10.9. The lowest BCUT2D eigenvalue weighted by Crippen LogP contribution is -2.35. The smallest absolute Gasteiger partial charge is 0.237 e. The molecule has 0 radical (unpaired) electrons. The van der Waals surface area contributed by atoms with Crippen molar-refractivity contribution in [3.63, 3.8) is 0 Å². The predicted molar refractivity (Wildman–Crippen MR) is 96.3 cm³/mol. The van der Waals surface area contributed by atoms with Crippen molar-refractivity contribution in [3.8, 4) is 0 Å². The fourth-order valence-corrected chi connectivity index (χ4v) is 3.71. The van der Waals surface area contributed by atoms with E-state index in [1.54, 1.807) is 5.82 Å². The van der Waals surface area contributed by atoms with E-state index < -0.39 is 0 Å². The molecule has 2 heteroatoms. The molecule has 0 N–H and O–H groups in total. The SMILES string of the molecule is CCCCC(CCC)c1n(C(CCC)CCCC)cc[n+]1C. The highest BCUT2D eigenvalue weighted by Crippen LogP contribution is 2.30. The number of aromatic nitrogens is 2. The Bertz CT molecular complexity index is 394. The summed E-state index contributed by atoms with van der Waals surface area (Å²) in [6, 6.07) is 0.696. The molecule has 0 spiro atoms. The van der Waals surface area contributed by atoms with E-state index in [4.69, 9.17) is 0 Å². The van der Waals surface area contributed by atoms with E-state index >= 15 is 0 Å². The lowest BCUT2D eigenvalue weighted by atomic mass is 9.95. The van der Waals surface area contributed by atoms with Gasteiger partial charge in [0.25, 0.3) is 5.82 Å². The molecule has 2 unspecified atom stereocenters. The van der Waals surface area contributed by atoms with Crippen molar-refractivity contribution >= 4 is 0 Å². The Morgan fingerprint density at radius 2 is 1.50 bits per heavy atom. The molecule has 0 fully saturated rings. The molecule has 1 aromatic rings. The molecule has 2 atom stereocenters. The molecular formula is C20H39N2+. The van der Waals surface area contributed by atoms with Crippen molar-refractivity contribution in [1.29, 1.82) is 0 Å². The van der Waals surface area contributed by atoms with Gasteiger partial charge in [0.15, 0.2) is 0 Å². The van der Waals surface area contributed by atoms with Gasteiger partial charge in [-0.25, -0.2) is 9.13 Å². The summed E-state index contributed by atoms with van der Waals surface area (Å²) < 4.78 is 5.03. The highest BCUT2D eigenvalue weighted by Gasteiger charge is 2.28. The monoisotopic (exact) mass is 307 g/mol. The van der Waals surface area contributed by atoms with Crippen LogP contribution in [0.2, 0.25) is 0 Å². The van der Waals surface area contributed by atoms with Crippen molar-refractivity contribution in [2.45, 2.75) is 104 Å². The first-order valence-corrected chi connectivity index (χ1v) is 9.75. The Morgan fingerprint density at radius 3 is 2.09 bits per heavy atom. The van der Waals surface area contributed by atoms with Crippen LogP contribution in [0.15, 0.2) is 12.4 Å². The molecule has 1 rings (SSSR count). The molecular weight excluding hydrogens is 268 g/mol. The fourth-order valence-electron chi connectivity index (χ4n) is 3.71. The Labute approximate surface area is 138 Å². The Morgan fingerprint density at radius 1 is 0.864 bits per heavy atom. The van der Waals surface area contributed by atoms with Crippen LogP contribution in [-0.2, 0) is 7.05 Å². The van der Waals surface area contributed by atoms with Crippen molar-refractivity contribution < 1.29 is 4.57 Å². The minimum absolute atomic E-state index is 0.696. The van der Waals surface area contributed by atoms with Crippen molar-refractivity contribution in [2.75, 3.05) is 0 Å². The zero-order chi connectivity index (χ0) is 16.4. The molecule has 2 nitrogen and oxygen atoms in total. The van der Waals surface area contributed by atoms with E-state index in [0.29, 0.717) is 6.04 Å². The van der Waals surface area contributed by atoms with E-state index in [2.05, 4.69) is 56.3 Å². The maximum absolute atomic E-state index is 2.63. The number of hydrogen-bond acceptors (Lipinski definition) is 0. The zero-order valence-electron chi connectivity index (χ0n) is 15.8. The van der Waals surface area contributed by atoms with Gasteiger partial charge in [-0.1, -0.05) is 59.8 Å². The minimum atomic E-state index is 0.696. The van der Waals surface area contributed by atoms with Crippen molar-refractivity contribution in [1.82, 2.24) is 4.57 Å². The summed E-state index contributed by atoms with van der Waals surface area (Å²) in [4.78, 5) is 0. The third-order valence-corrected chi connectivity index (χ3v) is 4.89. The average molecular weight is 308 g/mol.